The van der Waals surface area contributed by atoms with Gasteiger partial charge in [0.05, 0.1) is 16.4 Å². The highest BCUT2D eigenvalue weighted by molar-refractivity contribution is 7.98. The standard InChI is InChI=1S/C21H26N6O2S2/c1-21(2,3)17-11-14(9-10-26(17)20(28)29)18-22-15(12-30-18)13-31-19-23-24-25-27(19)16-7-5-4-6-8-16/h4-8,12,14,17H,9-11,13H2,1-3H3,(H,28,29). The van der Waals surface area contributed by atoms with E-state index in [1.54, 1.807) is 32.7 Å². The molecule has 0 bridgehead atoms. The van der Waals surface area contributed by atoms with Crippen LogP contribution in [0.15, 0.2) is 40.9 Å². The molecule has 10 heteroatoms. The average molecular weight is 459 g/mol. The fourth-order valence-electron chi connectivity index (χ4n) is 3.95. The van der Waals surface area contributed by atoms with Gasteiger partial charge in [0.15, 0.2) is 0 Å². The molecule has 1 amide bonds. The van der Waals surface area contributed by atoms with E-state index in [0.29, 0.717) is 18.2 Å². The predicted molar refractivity (Wildman–Crippen MR) is 121 cm³/mol. The molecular formula is C21H26N6O2S2. The van der Waals surface area contributed by atoms with Crippen LogP contribution in [0.5, 0.6) is 0 Å². The number of carbonyl (C=O) groups is 1. The second kappa shape index (κ2) is 8.96. The Morgan fingerprint density at radius 1 is 1.29 bits per heavy atom. The first-order chi connectivity index (χ1) is 14.8. The zero-order chi connectivity index (χ0) is 22.0. The highest BCUT2D eigenvalue weighted by atomic mass is 32.2. The lowest BCUT2D eigenvalue weighted by Gasteiger charge is -2.44. The molecule has 1 aliphatic rings. The second-order valence-corrected chi connectivity index (χ2v) is 10.6. The summed E-state index contributed by atoms with van der Waals surface area (Å²) >= 11 is 3.22. The Bertz CT molecular complexity index is 1030. The van der Waals surface area contributed by atoms with Crippen LogP contribution in [-0.4, -0.2) is 53.9 Å². The van der Waals surface area contributed by atoms with Gasteiger partial charge in [-0.15, -0.1) is 16.4 Å². The number of carboxylic acid groups (broad SMARTS) is 1. The van der Waals surface area contributed by atoms with Crippen LogP contribution in [-0.2, 0) is 5.75 Å². The van der Waals surface area contributed by atoms with Crippen LogP contribution in [0.3, 0.4) is 0 Å². The minimum absolute atomic E-state index is 0.0130. The molecule has 1 N–H and O–H groups in total. The number of piperidine rings is 1. The van der Waals surface area contributed by atoms with Gasteiger partial charge >= 0.3 is 6.09 Å². The van der Waals surface area contributed by atoms with Crippen LogP contribution < -0.4 is 0 Å². The lowest BCUT2D eigenvalue weighted by atomic mass is 9.77. The van der Waals surface area contributed by atoms with E-state index in [2.05, 4.69) is 41.7 Å². The minimum Gasteiger partial charge on any atom is -0.465 e. The quantitative estimate of drug-likeness (QED) is 0.554. The zero-order valence-corrected chi connectivity index (χ0v) is 19.4. The Balaban J connectivity index is 1.43. The van der Waals surface area contributed by atoms with E-state index < -0.39 is 6.09 Å². The molecule has 164 valence electrons. The molecule has 3 aromatic rings. The third kappa shape index (κ3) is 4.90. The summed E-state index contributed by atoms with van der Waals surface area (Å²) in [5.41, 5.74) is 1.81. The fourth-order valence-corrected chi connectivity index (χ4v) is 5.81. The van der Waals surface area contributed by atoms with Crippen molar-refractivity contribution >= 4 is 29.2 Å². The van der Waals surface area contributed by atoms with Gasteiger partial charge in [-0.05, 0) is 40.8 Å². The van der Waals surface area contributed by atoms with E-state index in [9.17, 15) is 9.90 Å². The molecule has 2 atom stereocenters. The maximum Gasteiger partial charge on any atom is 0.407 e. The highest BCUT2D eigenvalue weighted by Crippen LogP contribution is 2.40. The van der Waals surface area contributed by atoms with Gasteiger partial charge in [-0.3, -0.25) is 0 Å². The van der Waals surface area contributed by atoms with E-state index >= 15 is 0 Å². The number of likely N-dealkylation sites (tertiary alicyclic amines) is 1. The van der Waals surface area contributed by atoms with Crippen molar-refractivity contribution in [1.29, 1.82) is 0 Å². The number of benzene rings is 1. The van der Waals surface area contributed by atoms with Gasteiger partial charge in [0, 0.05) is 29.6 Å². The van der Waals surface area contributed by atoms with Gasteiger partial charge in [-0.2, -0.15) is 4.68 Å². The molecule has 4 rings (SSSR count). The minimum atomic E-state index is -0.828. The van der Waals surface area contributed by atoms with Gasteiger partial charge in [0.1, 0.15) is 0 Å². The van der Waals surface area contributed by atoms with Gasteiger partial charge in [0.2, 0.25) is 5.16 Å². The number of nitrogens with zero attached hydrogens (tertiary/aromatic N) is 6. The third-order valence-corrected chi connectivity index (χ3v) is 7.57. The number of rotatable bonds is 5. The summed E-state index contributed by atoms with van der Waals surface area (Å²) in [5, 5.41) is 25.6. The molecule has 2 unspecified atom stereocenters. The first-order valence-corrected chi connectivity index (χ1v) is 12.1. The summed E-state index contributed by atoms with van der Waals surface area (Å²) < 4.78 is 1.73. The van der Waals surface area contributed by atoms with Crippen molar-refractivity contribution in [2.75, 3.05) is 6.54 Å². The Labute approximate surface area is 189 Å². The number of aromatic nitrogens is 5. The van der Waals surface area contributed by atoms with Crippen molar-refractivity contribution in [2.45, 2.75) is 56.5 Å². The second-order valence-electron chi connectivity index (χ2n) is 8.75. The number of hydrogen-bond donors (Lipinski definition) is 1. The number of tetrazole rings is 1. The maximum atomic E-state index is 11.7. The summed E-state index contributed by atoms with van der Waals surface area (Å²) in [5.74, 6) is 0.971. The highest BCUT2D eigenvalue weighted by Gasteiger charge is 2.39. The molecule has 0 saturated carbocycles. The van der Waals surface area contributed by atoms with Gasteiger partial charge in [0.25, 0.3) is 0 Å². The lowest BCUT2D eigenvalue weighted by Crippen LogP contribution is -2.51. The van der Waals surface area contributed by atoms with Crippen molar-refractivity contribution in [3.05, 3.63) is 46.4 Å². The molecule has 8 nitrogen and oxygen atoms in total. The van der Waals surface area contributed by atoms with E-state index in [4.69, 9.17) is 4.98 Å². The SMILES string of the molecule is CC(C)(C)C1CC(c2nc(CSc3nnnn3-c3ccccc3)cs2)CCN1C(=O)O. The summed E-state index contributed by atoms with van der Waals surface area (Å²) in [6.45, 7) is 6.88. The summed E-state index contributed by atoms with van der Waals surface area (Å²) in [4.78, 5) is 18.2. The van der Waals surface area contributed by atoms with E-state index in [0.717, 1.165) is 34.4 Å². The van der Waals surface area contributed by atoms with Crippen molar-refractivity contribution < 1.29 is 9.90 Å². The summed E-state index contributed by atoms with van der Waals surface area (Å²) in [7, 11) is 0. The summed E-state index contributed by atoms with van der Waals surface area (Å²) in [6.07, 6.45) is 0.790. The molecule has 0 spiro atoms. The molecule has 3 heterocycles. The van der Waals surface area contributed by atoms with Crippen molar-refractivity contribution in [3.8, 4) is 5.69 Å². The monoisotopic (exact) mass is 458 g/mol. The Hall–Kier alpha value is -2.46. The van der Waals surface area contributed by atoms with E-state index in [1.165, 1.54) is 0 Å². The molecule has 1 saturated heterocycles. The first kappa shape index (κ1) is 21.8. The lowest BCUT2D eigenvalue weighted by molar-refractivity contribution is 0.0525. The van der Waals surface area contributed by atoms with E-state index in [-0.39, 0.29) is 11.5 Å². The van der Waals surface area contributed by atoms with Crippen LogP contribution in [0.1, 0.15) is 50.2 Å². The van der Waals surface area contributed by atoms with Crippen LogP contribution in [0, 0.1) is 5.41 Å². The van der Waals surface area contributed by atoms with Crippen LogP contribution >= 0.6 is 23.1 Å². The third-order valence-electron chi connectivity index (χ3n) is 5.56. The number of thiazole rings is 1. The van der Waals surface area contributed by atoms with Gasteiger partial charge < -0.3 is 10.0 Å². The van der Waals surface area contributed by atoms with Crippen molar-refractivity contribution in [2.24, 2.45) is 5.41 Å². The molecular weight excluding hydrogens is 432 g/mol. The maximum absolute atomic E-state index is 11.7. The molecule has 1 aromatic carbocycles. The molecule has 0 aliphatic carbocycles. The number of amides is 1. The number of hydrogen-bond acceptors (Lipinski definition) is 7. The zero-order valence-electron chi connectivity index (χ0n) is 17.8. The molecule has 0 radical (unpaired) electrons. The van der Waals surface area contributed by atoms with Crippen LogP contribution in [0.2, 0.25) is 0 Å². The fraction of sp³-hybridized carbons (Fsp3) is 0.476. The Morgan fingerprint density at radius 2 is 2.06 bits per heavy atom. The summed E-state index contributed by atoms with van der Waals surface area (Å²) in [6, 6.07) is 9.80. The number of para-hydroxylation sites is 1. The average Bonchev–Trinajstić information content (AvgIpc) is 3.41. The molecule has 1 aliphatic heterocycles. The molecule has 1 fully saturated rings. The first-order valence-electron chi connectivity index (χ1n) is 10.2. The predicted octanol–water partition coefficient (Wildman–Crippen LogP) is 4.68. The van der Waals surface area contributed by atoms with Gasteiger partial charge in [-0.1, -0.05) is 50.7 Å². The Morgan fingerprint density at radius 3 is 2.77 bits per heavy atom. The van der Waals surface area contributed by atoms with Crippen molar-refractivity contribution in [1.82, 2.24) is 30.1 Å². The topological polar surface area (TPSA) is 97.0 Å². The van der Waals surface area contributed by atoms with Crippen LogP contribution in [0.4, 0.5) is 4.79 Å². The van der Waals surface area contributed by atoms with Crippen LogP contribution in [0.25, 0.3) is 5.69 Å². The smallest absolute Gasteiger partial charge is 0.407 e. The normalized spacial score (nSPS) is 19.5. The Kier molecular flexibility index (Phi) is 6.29. The van der Waals surface area contributed by atoms with Crippen molar-refractivity contribution in [3.63, 3.8) is 0 Å². The van der Waals surface area contributed by atoms with Gasteiger partial charge in [-0.25, -0.2) is 9.78 Å². The largest absolute Gasteiger partial charge is 0.465 e. The molecule has 2 aromatic heterocycles. The van der Waals surface area contributed by atoms with E-state index in [1.807, 2.05) is 30.3 Å². The number of thioether (sulfide) groups is 1. The molecule has 31 heavy (non-hydrogen) atoms.